The first-order chi connectivity index (χ1) is 14.2. The van der Waals surface area contributed by atoms with Crippen molar-refractivity contribution >= 4 is 5.91 Å². The SMILES string of the molecule is CCOc1ccc(CC(=O)NCc2ccccc2CN2CCN(CC)CC2)cc1. The van der Waals surface area contributed by atoms with E-state index in [4.69, 9.17) is 4.74 Å². The zero-order valence-electron chi connectivity index (χ0n) is 17.7. The molecule has 156 valence electrons. The second-order valence-corrected chi connectivity index (χ2v) is 7.51. The van der Waals surface area contributed by atoms with Crippen LogP contribution < -0.4 is 10.1 Å². The quantitative estimate of drug-likeness (QED) is 0.709. The third-order valence-corrected chi connectivity index (χ3v) is 5.50. The molecule has 1 N–H and O–H groups in total. The number of nitrogens with zero attached hydrogens (tertiary/aromatic N) is 2. The second-order valence-electron chi connectivity index (χ2n) is 7.51. The maximum Gasteiger partial charge on any atom is 0.224 e. The van der Waals surface area contributed by atoms with Gasteiger partial charge in [-0.25, -0.2) is 0 Å². The van der Waals surface area contributed by atoms with E-state index in [0.29, 0.717) is 19.6 Å². The van der Waals surface area contributed by atoms with Gasteiger partial charge in [0.05, 0.1) is 13.0 Å². The minimum Gasteiger partial charge on any atom is -0.494 e. The van der Waals surface area contributed by atoms with Crippen LogP contribution in [0.2, 0.25) is 0 Å². The summed E-state index contributed by atoms with van der Waals surface area (Å²) in [6.07, 6.45) is 0.382. The molecule has 0 saturated carbocycles. The highest BCUT2D eigenvalue weighted by atomic mass is 16.5. The summed E-state index contributed by atoms with van der Waals surface area (Å²) in [5, 5.41) is 3.08. The number of rotatable bonds is 9. The molecule has 1 saturated heterocycles. The number of likely N-dealkylation sites (N-methyl/N-ethyl adjacent to an activating group) is 1. The lowest BCUT2D eigenvalue weighted by Gasteiger charge is -2.34. The molecule has 1 aliphatic heterocycles. The smallest absolute Gasteiger partial charge is 0.224 e. The Kier molecular flexibility index (Phi) is 8.08. The Morgan fingerprint density at radius 2 is 1.59 bits per heavy atom. The lowest BCUT2D eigenvalue weighted by Crippen LogP contribution is -2.45. The van der Waals surface area contributed by atoms with E-state index in [1.54, 1.807) is 0 Å². The van der Waals surface area contributed by atoms with Gasteiger partial charge < -0.3 is 15.0 Å². The van der Waals surface area contributed by atoms with Crippen LogP contribution in [0.3, 0.4) is 0 Å². The molecular formula is C24H33N3O2. The van der Waals surface area contributed by atoms with Crippen molar-refractivity contribution in [1.29, 1.82) is 0 Å². The van der Waals surface area contributed by atoms with Crippen molar-refractivity contribution in [1.82, 2.24) is 15.1 Å². The predicted octanol–water partition coefficient (Wildman–Crippen LogP) is 3.08. The summed E-state index contributed by atoms with van der Waals surface area (Å²) < 4.78 is 5.45. The van der Waals surface area contributed by atoms with E-state index in [0.717, 1.165) is 50.6 Å². The van der Waals surface area contributed by atoms with Gasteiger partial charge in [-0.1, -0.05) is 43.3 Å². The normalized spacial score (nSPS) is 15.2. The van der Waals surface area contributed by atoms with Crippen molar-refractivity contribution in [2.24, 2.45) is 0 Å². The molecule has 0 aliphatic carbocycles. The molecule has 0 unspecified atom stereocenters. The number of piperazine rings is 1. The fraction of sp³-hybridized carbons (Fsp3) is 0.458. The van der Waals surface area contributed by atoms with Crippen LogP contribution in [-0.4, -0.2) is 55.0 Å². The molecule has 1 heterocycles. The Morgan fingerprint density at radius 1 is 0.931 bits per heavy atom. The van der Waals surface area contributed by atoms with Crippen LogP contribution in [0.5, 0.6) is 5.75 Å². The van der Waals surface area contributed by atoms with Crippen molar-refractivity contribution in [2.45, 2.75) is 33.4 Å². The third-order valence-electron chi connectivity index (χ3n) is 5.50. The van der Waals surface area contributed by atoms with E-state index < -0.39 is 0 Å². The first kappa shape index (κ1) is 21.3. The molecule has 3 rings (SSSR count). The van der Waals surface area contributed by atoms with Crippen molar-refractivity contribution in [3.05, 3.63) is 65.2 Å². The van der Waals surface area contributed by atoms with E-state index in [2.05, 4.69) is 40.2 Å². The number of nitrogens with one attached hydrogen (secondary N) is 1. The fourth-order valence-corrected chi connectivity index (χ4v) is 3.70. The van der Waals surface area contributed by atoms with Crippen LogP contribution in [0.4, 0.5) is 0 Å². The van der Waals surface area contributed by atoms with Gasteiger partial charge in [0, 0.05) is 39.3 Å². The van der Waals surface area contributed by atoms with Gasteiger partial charge in [-0.3, -0.25) is 9.69 Å². The van der Waals surface area contributed by atoms with Gasteiger partial charge in [0.1, 0.15) is 5.75 Å². The molecule has 1 amide bonds. The average molecular weight is 396 g/mol. The van der Waals surface area contributed by atoms with Gasteiger partial charge in [0.25, 0.3) is 0 Å². The van der Waals surface area contributed by atoms with Crippen LogP contribution in [0.25, 0.3) is 0 Å². The first-order valence-corrected chi connectivity index (χ1v) is 10.7. The van der Waals surface area contributed by atoms with Crippen molar-refractivity contribution in [2.75, 3.05) is 39.3 Å². The van der Waals surface area contributed by atoms with Crippen LogP contribution in [0.15, 0.2) is 48.5 Å². The Labute approximate surface area is 174 Å². The zero-order valence-corrected chi connectivity index (χ0v) is 17.7. The van der Waals surface area contributed by atoms with Crippen molar-refractivity contribution in [3.63, 3.8) is 0 Å². The molecule has 5 nitrogen and oxygen atoms in total. The molecule has 0 aromatic heterocycles. The molecule has 29 heavy (non-hydrogen) atoms. The number of hydrogen-bond acceptors (Lipinski definition) is 4. The summed E-state index contributed by atoms with van der Waals surface area (Å²) in [6, 6.07) is 16.2. The number of carbonyl (C=O) groups is 1. The topological polar surface area (TPSA) is 44.8 Å². The number of benzene rings is 2. The molecule has 2 aromatic rings. The average Bonchev–Trinajstić information content (AvgIpc) is 2.75. The molecule has 1 fully saturated rings. The standard InChI is InChI=1S/C24H33N3O2/c1-3-26-13-15-27(16-14-26)19-22-8-6-5-7-21(22)18-25-24(28)17-20-9-11-23(12-10-20)29-4-2/h5-12H,3-4,13-19H2,1-2H3,(H,25,28). The van der Waals surface area contributed by atoms with Crippen LogP contribution in [-0.2, 0) is 24.3 Å². The number of hydrogen-bond donors (Lipinski definition) is 1. The highest BCUT2D eigenvalue weighted by molar-refractivity contribution is 5.78. The van der Waals surface area contributed by atoms with Gasteiger partial charge in [-0.2, -0.15) is 0 Å². The minimum absolute atomic E-state index is 0.0422. The maximum atomic E-state index is 12.4. The van der Waals surface area contributed by atoms with E-state index in [1.165, 1.54) is 11.1 Å². The summed E-state index contributed by atoms with van der Waals surface area (Å²) in [5.74, 6) is 0.880. The molecule has 5 heteroatoms. The van der Waals surface area contributed by atoms with Crippen LogP contribution >= 0.6 is 0 Å². The lowest BCUT2D eigenvalue weighted by atomic mass is 10.1. The first-order valence-electron chi connectivity index (χ1n) is 10.7. The van der Waals surface area contributed by atoms with Gasteiger partial charge in [0.2, 0.25) is 5.91 Å². The Hall–Kier alpha value is -2.37. The largest absolute Gasteiger partial charge is 0.494 e. The lowest BCUT2D eigenvalue weighted by molar-refractivity contribution is -0.120. The highest BCUT2D eigenvalue weighted by Crippen LogP contribution is 2.15. The summed E-state index contributed by atoms with van der Waals surface area (Å²) in [5.41, 5.74) is 3.50. The van der Waals surface area contributed by atoms with Gasteiger partial charge >= 0.3 is 0 Å². The highest BCUT2D eigenvalue weighted by Gasteiger charge is 2.16. The van der Waals surface area contributed by atoms with Crippen molar-refractivity contribution < 1.29 is 9.53 Å². The van der Waals surface area contributed by atoms with Gasteiger partial charge in [-0.05, 0) is 42.3 Å². The van der Waals surface area contributed by atoms with Gasteiger partial charge in [0.15, 0.2) is 0 Å². The molecule has 0 radical (unpaired) electrons. The second kappa shape index (κ2) is 11.0. The van der Waals surface area contributed by atoms with E-state index >= 15 is 0 Å². The molecular weight excluding hydrogens is 362 g/mol. The number of ether oxygens (including phenoxy) is 1. The Balaban J connectivity index is 1.50. The Morgan fingerprint density at radius 3 is 2.24 bits per heavy atom. The van der Waals surface area contributed by atoms with Crippen LogP contribution in [0, 0.1) is 0 Å². The van der Waals surface area contributed by atoms with Crippen LogP contribution in [0.1, 0.15) is 30.5 Å². The zero-order chi connectivity index (χ0) is 20.5. The third kappa shape index (κ3) is 6.58. The monoisotopic (exact) mass is 395 g/mol. The molecule has 0 atom stereocenters. The van der Waals surface area contributed by atoms with E-state index in [-0.39, 0.29) is 5.91 Å². The number of amides is 1. The van der Waals surface area contributed by atoms with Gasteiger partial charge in [-0.15, -0.1) is 0 Å². The summed E-state index contributed by atoms with van der Waals surface area (Å²) in [6.45, 7) is 12.0. The predicted molar refractivity (Wildman–Crippen MR) is 117 cm³/mol. The molecule has 0 spiro atoms. The van der Waals surface area contributed by atoms with E-state index in [9.17, 15) is 4.79 Å². The maximum absolute atomic E-state index is 12.4. The fourth-order valence-electron chi connectivity index (χ4n) is 3.70. The molecule has 0 bridgehead atoms. The number of carbonyl (C=O) groups excluding carboxylic acids is 1. The summed E-state index contributed by atoms with van der Waals surface area (Å²) >= 11 is 0. The summed E-state index contributed by atoms with van der Waals surface area (Å²) in [4.78, 5) is 17.4. The van der Waals surface area contributed by atoms with Crippen molar-refractivity contribution in [3.8, 4) is 5.75 Å². The summed E-state index contributed by atoms with van der Waals surface area (Å²) in [7, 11) is 0. The Bertz CT molecular complexity index is 768. The van der Waals surface area contributed by atoms with E-state index in [1.807, 2.05) is 37.3 Å². The minimum atomic E-state index is 0.0422. The molecule has 1 aliphatic rings. The molecule has 2 aromatic carbocycles.